The van der Waals surface area contributed by atoms with E-state index in [9.17, 15) is 9.59 Å². The first-order valence-electron chi connectivity index (χ1n) is 6.32. The Balaban J connectivity index is 0.00000200. The summed E-state index contributed by atoms with van der Waals surface area (Å²) in [6.45, 7) is 1.82. The van der Waals surface area contributed by atoms with E-state index >= 15 is 0 Å². The molecular formula is C12H20ClN5O2. The second-order valence-corrected chi connectivity index (χ2v) is 4.73. The second kappa shape index (κ2) is 7.25. The van der Waals surface area contributed by atoms with Crippen molar-refractivity contribution in [1.29, 1.82) is 0 Å². The van der Waals surface area contributed by atoms with Crippen molar-refractivity contribution in [2.24, 2.45) is 5.92 Å². The van der Waals surface area contributed by atoms with Gasteiger partial charge in [-0.25, -0.2) is 0 Å². The maximum atomic E-state index is 12.2. The lowest BCUT2D eigenvalue weighted by molar-refractivity contribution is -0.134. The summed E-state index contributed by atoms with van der Waals surface area (Å²) in [5.74, 6) is -0.263. The molecule has 1 aliphatic heterocycles. The van der Waals surface area contributed by atoms with Gasteiger partial charge in [-0.05, 0) is 7.05 Å². The summed E-state index contributed by atoms with van der Waals surface area (Å²) in [6.07, 6.45) is 3.53. The van der Waals surface area contributed by atoms with Crippen molar-refractivity contribution in [2.75, 3.05) is 38.6 Å². The van der Waals surface area contributed by atoms with Crippen LogP contribution in [-0.2, 0) is 9.59 Å². The van der Waals surface area contributed by atoms with E-state index in [1.165, 1.54) is 0 Å². The number of H-pyrrole nitrogens is 1. The Hall–Kier alpha value is -1.60. The van der Waals surface area contributed by atoms with Crippen LogP contribution in [-0.4, -0.2) is 60.6 Å². The van der Waals surface area contributed by atoms with Gasteiger partial charge < -0.3 is 15.1 Å². The number of aromatic nitrogens is 2. The zero-order chi connectivity index (χ0) is 13.8. The van der Waals surface area contributed by atoms with Crippen molar-refractivity contribution in [3.63, 3.8) is 0 Å². The van der Waals surface area contributed by atoms with Gasteiger partial charge in [-0.3, -0.25) is 14.7 Å². The van der Waals surface area contributed by atoms with E-state index in [1.54, 1.807) is 29.2 Å². The molecule has 1 fully saturated rings. The predicted octanol–water partition coefficient (Wildman–Crippen LogP) is -0.138. The van der Waals surface area contributed by atoms with Gasteiger partial charge in [0.2, 0.25) is 11.8 Å². The van der Waals surface area contributed by atoms with Crippen LogP contribution in [0.3, 0.4) is 0 Å². The van der Waals surface area contributed by atoms with Crippen LogP contribution in [0.15, 0.2) is 12.4 Å². The molecule has 2 rings (SSSR count). The highest BCUT2D eigenvalue weighted by Crippen LogP contribution is 2.25. The van der Waals surface area contributed by atoms with Crippen molar-refractivity contribution in [3.05, 3.63) is 12.4 Å². The zero-order valence-corrected chi connectivity index (χ0v) is 12.4. The quantitative estimate of drug-likeness (QED) is 0.793. The van der Waals surface area contributed by atoms with Crippen LogP contribution >= 0.6 is 12.4 Å². The Labute approximate surface area is 124 Å². The molecule has 1 unspecified atom stereocenters. The molecule has 0 spiro atoms. The molecule has 1 atom stereocenters. The third-order valence-corrected chi connectivity index (χ3v) is 3.34. The number of nitrogens with one attached hydrogen (secondary N) is 2. The number of halogens is 1. The minimum atomic E-state index is -0.260. The van der Waals surface area contributed by atoms with E-state index in [2.05, 4.69) is 15.5 Å². The third kappa shape index (κ3) is 3.49. The van der Waals surface area contributed by atoms with Gasteiger partial charge in [0.05, 0.1) is 17.8 Å². The maximum absolute atomic E-state index is 12.2. The first-order chi connectivity index (χ1) is 9.13. The molecule has 0 aliphatic carbocycles. The van der Waals surface area contributed by atoms with Gasteiger partial charge in [0.15, 0.2) is 0 Å². The SMILES string of the molecule is CNCCN(C)C(=O)C1CC(=O)N(c2cn[nH]c2)C1.Cl. The van der Waals surface area contributed by atoms with Crippen molar-refractivity contribution in [3.8, 4) is 0 Å². The first-order valence-corrected chi connectivity index (χ1v) is 6.32. The Morgan fingerprint density at radius 3 is 3.00 bits per heavy atom. The monoisotopic (exact) mass is 301 g/mol. The molecule has 20 heavy (non-hydrogen) atoms. The van der Waals surface area contributed by atoms with E-state index in [0.29, 0.717) is 13.1 Å². The average Bonchev–Trinajstić information content (AvgIpc) is 3.03. The second-order valence-electron chi connectivity index (χ2n) is 4.73. The average molecular weight is 302 g/mol. The van der Waals surface area contributed by atoms with Crippen LogP contribution in [0.4, 0.5) is 5.69 Å². The molecule has 7 nitrogen and oxygen atoms in total. The van der Waals surface area contributed by atoms with Gasteiger partial charge in [-0.1, -0.05) is 0 Å². The number of nitrogens with zero attached hydrogens (tertiary/aromatic N) is 3. The maximum Gasteiger partial charge on any atom is 0.227 e. The fraction of sp³-hybridized carbons (Fsp3) is 0.583. The highest BCUT2D eigenvalue weighted by Gasteiger charge is 2.36. The van der Waals surface area contributed by atoms with Crippen molar-refractivity contribution < 1.29 is 9.59 Å². The summed E-state index contributed by atoms with van der Waals surface area (Å²) in [7, 11) is 3.61. The number of anilines is 1. The number of amides is 2. The molecule has 0 saturated carbocycles. The largest absolute Gasteiger partial charge is 0.344 e. The standard InChI is InChI=1S/C12H19N5O2.ClH/c1-13-3-4-16(2)12(19)9-5-11(18)17(8-9)10-6-14-15-7-10;/h6-7,9,13H,3-5,8H2,1-2H3,(H,14,15);1H. The number of hydrogen-bond donors (Lipinski definition) is 2. The summed E-state index contributed by atoms with van der Waals surface area (Å²) < 4.78 is 0. The first kappa shape index (κ1) is 16.5. The van der Waals surface area contributed by atoms with Crippen molar-refractivity contribution >= 4 is 29.9 Å². The smallest absolute Gasteiger partial charge is 0.227 e. The van der Waals surface area contributed by atoms with Crippen LogP contribution in [0.5, 0.6) is 0 Å². The van der Waals surface area contributed by atoms with Crippen molar-refractivity contribution in [1.82, 2.24) is 20.4 Å². The molecule has 0 radical (unpaired) electrons. The normalized spacial score (nSPS) is 18.0. The van der Waals surface area contributed by atoms with E-state index in [1.807, 2.05) is 7.05 Å². The van der Waals surface area contributed by atoms with Crippen LogP contribution in [0.2, 0.25) is 0 Å². The summed E-state index contributed by atoms with van der Waals surface area (Å²) >= 11 is 0. The third-order valence-electron chi connectivity index (χ3n) is 3.34. The van der Waals surface area contributed by atoms with Gasteiger partial charge in [0.25, 0.3) is 0 Å². The van der Waals surface area contributed by atoms with Gasteiger partial charge >= 0.3 is 0 Å². The van der Waals surface area contributed by atoms with Crippen LogP contribution in [0.1, 0.15) is 6.42 Å². The molecular weight excluding hydrogens is 282 g/mol. The van der Waals surface area contributed by atoms with E-state index in [4.69, 9.17) is 0 Å². The molecule has 2 amide bonds. The fourth-order valence-corrected chi connectivity index (χ4v) is 2.22. The Bertz CT molecular complexity index is 451. The lowest BCUT2D eigenvalue weighted by atomic mass is 10.1. The number of aromatic amines is 1. The minimum absolute atomic E-state index is 0. The minimum Gasteiger partial charge on any atom is -0.344 e. The van der Waals surface area contributed by atoms with Gasteiger partial charge in [0.1, 0.15) is 0 Å². The fourth-order valence-electron chi connectivity index (χ4n) is 2.22. The summed E-state index contributed by atoms with van der Waals surface area (Å²) in [4.78, 5) is 27.4. The van der Waals surface area contributed by atoms with E-state index in [-0.39, 0.29) is 36.6 Å². The predicted molar refractivity (Wildman–Crippen MR) is 77.9 cm³/mol. The highest BCUT2D eigenvalue weighted by atomic mass is 35.5. The molecule has 1 saturated heterocycles. The molecule has 2 N–H and O–H groups in total. The van der Waals surface area contributed by atoms with Crippen LogP contribution in [0, 0.1) is 5.92 Å². The lowest BCUT2D eigenvalue weighted by Crippen LogP contribution is -2.38. The molecule has 1 aromatic heterocycles. The lowest BCUT2D eigenvalue weighted by Gasteiger charge is -2.20. The summed E-state index contributed by atoms with van der Waals surface area (Å²) in [5.41, 5.74) is 0.721. The van der Waals surface area contributed by atoms with Gasteiger partial charge in [-0.15, -0.1) is 12.4 Å². The number of carbonyl (C=O) groups excluding carboxylic acids is 2. The Morgan fingerprint density at radius 1 is 1.65 bits per heavy atom. The molecule has 1 aliphatic rings. The van der Waals surface area contributed by atoms with E-state index in [0.717, 1.165) is 12.2 Å². The number of likely N-dealkylation sites (N-methyl/N-ethyl adjacent to an activating group) is 2. The molecule has 1 aromatic rings. The topological polar surface area (TPSA) is 81.3 Å². The van der Waals surface area contributed by atoms with Crippen LogP contribution < -0.4 is 10.2 Å². The molecule has 0 aromatic carbocycles. The highest BCUT2D eigenvalue weighted by molar-refractivity contribution is 6.00. The number of hydrogen-bond acceptors (Lipinski definition) is 4. The van der Waals surface area contributed by atoms with Gasteiger partial charge in [0, 0.05) is 39.3 Å². The number of carbonyl (C=O) groups is 2. The molecule has 0 bridgehead atoms. The molecule has 2 heterocycles. The van der Waals surface area contributed by atoms with Gasteiger partial charge in [-0.2, -0.15) is 5.10 Å². The Kier molecular flexibility index (Phi) is 5.97. The number of rotatable bonds is 5. The Morgan fingerprint density at radius 2 is 2.40 bits per heavy atom. The zero-order valence-electron chi connectivity index (χ0n) is 11.6. The summed E-state index contributed by atoms with van der Waals surface area (Å²) in [5, 5.41) is 9.50. The van der Waals surface area contributed by atoms with Crippen molar-refractivity contribution in [2.45, 2.75) is 6.42 Å². The molecule has 8 heteroatoms. The molecule has 112 valence electrons. The summed E-state index contributed by atoms with van der Waals surface area (Å²) in [6, 6.07) is 0. The van der Waals surface area contributed by atoms with E-state index < -0.39 is 0 Å². The van der Waals surface area contributed by atoms with Crippen LogP contribution in [0.25, 0.3) is 0 Å².